The van der Waals surface area contributed by atoms with Gasteiger partial charge in [-0.1, -0.05) is 29.8 Å². The maximum atomic E-state index is 14.3. The van der Waals surface area contributed by atoms with Crippen molar-refractivity contribution in [3.8, 4) is 11.1 Å². The Morgan fingerprint density at radius 2 is 1.98 bits per heavy atom. The highest BCUT2D eigenvalue weighted by Crippen LogP contribution is 2.49. The number of benzene rings is 2. The number of rotatable bonds is 7. The Kier molecular flexibility index (Phi) is 6.75. The van der Waals surface area contributed by atoms with Gasteiger partial charge in [0.05, 0.1) is 22.3 Å². The molecular weight excluding hydrogens is 535 g/mol. The Morgan fingerprint density at radius 1 is 1.20 bits per heavy atom. The molecule has 4 aromatic rings. The Morgan fingerprint density at radius 3 is 2.73 bits per heavy atom. The van der Waals surface area contributed by atoms with E-state index in [0.29, 0.717) is 23.6 Å². The van der Waals surface area contributed by atoms with Crippen LogP contribution in [0, 0.1) is 24.6 Å². The van der Waals surface area contributed by atoms with E-state index in [1.54, 1.807) is 41.0 Å². The third kappa shape index (κ3) is 4.82. The summed E-state index contributed by atoms with van der Waals surface area (Å²) >= 11 is 5.87. The number of aliphatic hydroxyl groups is 1. The van der Waals surface area contributed by atoms with Crippen LogP contribution in [0.1, 0.15) is 36.5 Å². The van der Waals surface area contributed by atoms with Crippen molar-refractivity contribution < 1.29 is 19.1 Å². The van der Waals surface area contributed by atoms with E-state index in [9.17, 15) is 19.1 Å². The van der Waals surface area contributed by atoms with Crippen molar-refractivity contribution in [2.45, 2.75) is 45.5 Å². The number of carbonyl (C=O) groups is 2. The number of aromatic nitrogens is 4. The molecule has 2 aliphatic rings. The van der Waals surface area contributed by atoms with Crippen molar-refractivity contribution in [3.05, 3.63) is 76.7 Å². The second kappa shape index (κ2) is 10.3. The third-order valence-electron chi connectivity index (χ3n) is 7.80. The van der Waals surface area contributed by atoms with E-state index >= 15 is 0 Å². The largest absolute Gasteiger partial charge is 0.387 e. The molecule has 2 N–H and O–H groups in total. The molecule has 206 valence electrons. The van der Waals surface area contributed by atoms with E-state index in [1.165, 1.54) is 6.07 Å². The predicted molar refractivity (Wildman–Crippen MR) is 146 cm³/mol. The van der Waals surface area contributed by atoms with Gasteiger partial charge in [-0.05, 0) is 55.9 Å². The molecule has 4 atom stereocenters. The van der Waals surface area contributed by atoms with Crippen LogP contribution in [0.2, 0.25) is 5.02 Å². The van der Waals surface area contributed by atoms with Crippen LogP contribution in [0.4, 0.5) is 4.39 Å². The minimum atomic E-state index is -0.854. The Balaban J connectivity index is 1.22. The van der Waals surface area contributed by atoms with Crippen LogP contribution >= 0.6 is 11.6 Å². The first kappa shape index (κ1) is 26.3. The molecule has 1 aliphatic heterocycles. The number of nitrogens with one attached hydrogen (secondary N) is 1. The fraction of sp³-hybridized carbons (Fsp3) is 0.345. The molecule has 6 rings (SSSR count). The molecule has 0 bridgehead atoms. The van der Waals surface area contributed by atoms with Crippen molar-refractivity contribution in [2.24, 2.45) is 11.8 Å². The monoisotopic (exact) mass is 562 g/mol. The number of hydrogen-bond donors (Lipinski definition) is 2. The third-order valence-corrected chi connectivity index (χ3v) is 8.09. The molecular formula is C29H28ClFN6O3. The van der Waals surface area contributed by atoms with E-state index in [-0.39, 0.29) is 47.3 Å². The lowest BCUT2D eigenvalue weighted by atomic mass is 10.0. The Bertz CT molecular complexity index is 1620. The summed E-state index contributed by atoms with van der Waals surface area (Å²) in [5.74, 6) is -0.0646. The molecule has 40 heavy (non-hydrogen) atoms. The van der Waals surface area contributed by atoms with E-state index in [0.717, 1.165) is 22.9 Å². The van der Waals surface area contributed by atoms with Crippen molar-refractivity contribution in [3.63, 3.8) is 0 Å². The van der Waals surface area contributed by atoms with E-state index in [4.69, 9.17) is 11.6 Å². The lowest BCUT2D eigenvalue weighted by Gasteiger charge is -2.27. The lowest BCUT2D eigenvalue weighted by Crippen LogP contribution is -2.49. The van der Waals surface area contributed by atoms with Gasteiger partial charge in [-0.15, -0.1) is 0 Å². The van der Waals surface area contributed by atoms with Crippen molar-refractivity contribution >= 4 is 34.3 Å². The molecule has 2 aromatic heterocycles. The van der Waals surface area contributed by atoms with Crippen molar-refractivity contribution in [2.75, 3.05) is 6.54 Å². The lowest BCUT2D eigenvalue weighted by molar-refractivity contribution is -0.140. The van der Waals surface area contributed by atoms with Gasteiger partial charge < -0.3 is 15.3 Å². The van der Waals surface area contributed by atoms with Crippen molar-refractivity contribution in [1.29, 1.82) is 0 Å². The SMILES string of the molecule is Cc1ncc(-c2ccc3c(c2)c(C(C)O)nn3CC(=O)N2C[C@H]3C[C@H]3[C@H]2C(=O)NCc2cccc(Cl)c2F)cn1. The molecule has 0 spiro atoms. The summed E-state index contributed by atoms with van der Waals surface area (Å²) in [6.07, 6.45) is 3.51. The van der Waals surface area contributed by atoms with Gasteiger partial charge in [0.25, 0.3) is 0 Å². The zero-order valence-electron chi connectivity index (χ0n) is 22.0. The summed E-state index contributed by atoms with van der Waals surface area (Å²) in [5.41, 5.74) is 3.14. The molecule has 11 heteroatoms. The molecule has 1 saturated carbocycles. The number of fused-ring (bicyclic) bond motifs is 2. The van der Waals surface area contributed by atoms with Crippen molar-refractivity contribution in [1.82, 2.24) is 30.0 Å². The minimum Gasteiger partial charge on any atom is -0.387 e. The fourth-order valence-corrected chi connectivity index (χ4v) is 5.80. The number of hydrogen-bond acceptors (Lipinski definition) is 6. The van der Waals surface area contributed by atoms with Gasteiger partial charge in [0.15, 0.2) is 0 Å². The normalized spacial score (nSPS) is 20.4. The minimum absolute atomic E-state index is 0.00554. The van der Waals surface area contributed by atoms with Gasteiger partial charge in [-0.2, -0.15) is 5.10 Å². The first-order valence-electron chi connectivity index (χ1n) is 13.2. The van der Waals surface area contributed by atoms with E-state index in [1.807, 2.05) is 25.1 Å². The summed E-state index contributed by atoms with van der Waals surface area (Å²) in [6, 6.07) is 9.71. The zero-order chi connectivity index (χ0) is 28.1. The summed E-state index contributed by atoms with van der Waals surface area (Å²) in [6.45, 7) is 3.84. The molecule has 9 nitrogen and oxygen atoms in total. The van der Waals surface area contributed by atoms with E-state index in [2.05, 4.69) is 20.4 Å². The van der Waals surface area contributed by atoms with Crippen LogP contribution in [0.15, 0.2) is 48.8 Å². The average molecular weight is 563 g/mol. The quantitative estimate of drug-likeness (QED) is 0.354. The summed E-state index contributed by atoms with van der Waals surface area (Å²) < 4.78 is 15.9. The topological polar surface area (TPSA) is 113 Å². The Labute approximate surface area is 235 Å². The van der Waals surface area contributed by atoms with Gasteiger partial charge in [-0.3, -0.25) is 14.3 Å². The van der Waals surface area contributed by atoms with Crippen LogP contribution in [-0.2, 0) is 22.7 Å². The number of likely N-dealkylation sites (tertiary alicyclic amines) is 1. The molecule has 1 aliphatic carbocycles. The van der Waals surface area contributed by atoms with Crippen LogP contribution in [-0.4, -0.2) is 54.2 Å². The zero-order valence-corrected chi connectivity index (χ0v) is 22.8. The van der Waals surface area contributed by atoms with Gasteiger partial charge >= 0.3 is 0 Å². The van der Waals surface area contributed by atoms with Gasteiger partial charge in [0.2, 0.25) is 11.8 Å². The first-order valence-corrected chi connectivity index (χ1v) is 13.6. The number of aliphatic hydroxyl groups excluding tert-OH is 1. The van der Waals surface area contributed by atoms with Crippen LogP contribution < -0.4 is 5.32 Å². The van der Waals surface area contributed by atoms with Gasteiger partial charge in [0, 0.05) is 42.0 Å². The van der Waals surface area contributed by atoms with Crippen LogP contribution in [0.5, 0.6) is 0 Å². The number of piperidine rings is 1. The van der Waals surface area contributed by atoms with Crippen LogP contribution in [0.3, 0.4) is 0 Å². The smallest absolute Gasteiger partial charge is 0.245 e. The molecule has 3 heterocycles. The standard InChI is InChI=1S/C29H28ClFN6O3/c1-15(38)27-22-8-17(20-11-32-16(2)33-12-20)6-7-24(22)37(35-27)14-25(39)36-13-19-9-21(19)28(36)29(40)34-10-18-4-3-5-23(30)26(18)31/h3-8,11-12,15,19,21,28,38H,9-10,13-14H2,1-2H3,(H,34,40)/t15?,19-,21-,28+/m1/s1. The van der Waals surface area contributed by atoms with Gasteiger partial charge in [-0.25, -0.2) is 14.4 Å². The number of carbonyl (C=O) groups excluding carboxylic acids is 2. The molecule has 0 radical (unpaired) electrons. The number of nitrogens with zero attached hydrogens (tertiary/aromatic N) is 5. The number of aryl methyl sites for hydroxylation is 1. The average Bonchev–Trinajstić information content (AvgIpc) is 3.45. The maximum absolute atomic E-state index is 14.3. The first-order chi connectivity index (χ1) is 19.2. The fourth-order valence-electron chi connectivity index (χ4n) is 5.60. The predicted octanol–water partition coefficient (Wildman–Crippen LogP) is 3.81. The molecule has 2 fully saturated rings. The molecule has 1 unspecified atom stereocenters. The molecule has 2 aromatic carbocycles. The summed E-state index contributed by atoms with van der Waals surface area (Å²) in [7, 11) is 0. The van der Waals surface area contributed by atoms with E-state index < -0.39 is 18.0 Å². The summed E-state index contributed by atoms with van der Waals surface area (Å²) in [4.78, 5) is 36.9. The highest BCUT2D eigenvalue weighted by molar-refractivity contribution is 6.30. The highest BCUT2D eigenvalue weighted by atomic mass is 35.5. The summed E-state index contributed by atoms with van der Waals surface area (Å²) in [5, 5.41) is 18.5. The number of amides is 2. The second-order valence-electron chi connectivity index (χ2n) is 10.6. The molecule has 1 saturated heterocycles. The maximum Gasteiger partial charge on any atom is 0.245 e. The van der Waals surface area contributed by atoms with Crippen LogP contribution in [0.25, 0.3) is 22.0 Å². The molecule has 2 amide bonds. The second-order valence-corrected chi connectivity index (χ2v) is 11.0. The van der Waals surface area contributed by atoms with Gasteiger partial charge in [0.1, 0.15) is 24.2 Å². The number of halogens is 2. The highest BCUT2D eigenvalue weighted by Gasteiger charge is 2.56. The Hall–Kier alpha value is -3.89.